The summed E-state index contributed by atoms with van der Waals surface area (Å²) in [7, 11) is 1.74. The van der Waals surface area contributed by atoms with Crippen LogP contribution in [0.15, 0.2) is 24.3 Å². The van der Waals surface area contributed by atoms with Crippen LogP contribution in [0.3, 0.4) is 0 Å². The Morgan fingerprint density at radius 1 is 1.06 bits per heavy atom. The van der Waals surface area contributed by atoms with Crippen LogP contribution in [0.2, 0.25) is 0 Å². The van der Waals surface area contributed by atoms with Crippen molar-refractivity contribution in [3.8, 4) is 0 Å². The minimum Gasteiger partial charge on any atom is -0.396 e. The van der Waals surface area contributed by atoms with E-state index in [9.17, 15) is 14.4 Å². The van der Waals surface area contributed by atoms with E-state index < -0.39 is 35.1 Å². The summed E-state index contributed by atoms with van der Waals surface area (Å²) in [5, 5.41) is 9.12. The van der Waals surface area contributed by atoms with Gasteiger partial charge in [0.2, 0.25) is 17.7 Å². The van der Waals surface area contributed by atoms with Gasteiger partial charge in [-0.1, -0.05) is 24.3 Å². The molecule has 1 N–H and O–H groups in total. The maximum absolute atomic E-state index is 13.9. The number of hydrogen-bond donors (Lipinski definition) is 1. The molecule has 0 radical (unpaired) electrons. The lowest BCUT2D eigenvalue weighted by Crippen LogP contribution is -2.58. The standard InChI is InChI=1S/C24H35N3O5/c1-23(2,3)27-14-9-11-24-18(17-16(32-24)10-8-12-25(4)20(17)29)21(30)26(19(24)22(27)31)13-6-5-7-15-28/h8-11,16-19,28H,5-7,12-15H2,1-4H3/t16-,17+,18+,19?,24+/m1/s1. The predicted octanol–water partition coefficient (Wildman–Crippen LogP) is 0.955. The highest BCUT2D eigenvalue weighted by Gasteiger charge is 2.71. The molecule has 0 bridgehead atoms. The maximum atomic E-state index is 13.9. The van der Waals surface area contributed by atoms with E-state index in [2.05, 4.69) is 0 Å². The van der Waals surface area contributed by atoms with Crippen LogP contribution < -0.4 is 0 Å². The van der Waals surface area contributed by atoms with Crippen molar-refractivity contribution in [2.75, 3.05) is 33.3 Å². The molecule has 0 saturated carbocycles. The van der Waals surface area contributed by atoms with Crippen molar-refractivity contribution < 1.29 is 24.2 Å². The second-order valence-electron chi connectivity index (χ2n) is 10.3. The average molecular weight is 446 g/mol. The monoisotopic (exact) mass is 445 g/mol. The number of nitrogens with zero attached hydrogens (tertiary/aromatic N) is 3. The summed E-state index contributed by atoms with van der Waals surface area (Å²) in [5.41, 5.74) is -1.58. The maximum Gasteiger partial charge on any atom is 0.249 e. The molecule has 4 aliphatic heterocycles. The van der Waals surface area contributed by atoms with Crippen LogP contribution >= 0.6 is 0 Å². The molecule has 0 aliphatic carbocycles. The van der Waals surface area contributed by atoms with E-state index >= 15 is 0 Å². The molecule has 4 heterocycles. The number of likely N-dealkylation sites (tertiary alicyclic amines) is 1. The average Bonchev–Trinajstić information content (AvgIpc) is 3.03. The smallest absolute Gasteiger partial charge is 0.249 e. The van der Waals surface area contributed by atoms with Crippen molar-refractivity contribution in [2.24, 2.45) is 11.8 Å². The van der Waals surface area contributed by atoms with Crippen molar-refractivity contribution in [2.45, 2.75) is 63.3 Å². The first-order valence-corrected chi connectivity index (χ1v) is 11.6. The molecule has 0 aromatic rings. The highest BCUT2D eigenvalue weighted by molar-refractivity contribution is 5.99. The predicted molar refractivity (Wildman–Crippen MR) is 118 cm³/mol. The Labute approximate surface area is 189 Å². The van der Waals surface area contributed by atoms with Crippen molar-refractivity contribution in [1.82, 2.24) is 14.7 Å². The number of carbonyl (C=O) groups is 3. The van der Waals surface area contributed by atoms with E-state index in [-0.39, 0.29) is 24.3 Å². The molecular weight excluding hydrogens is 410 g/mol. The lowest BCUT2D eigenvalue weighted by molar-refractivity contribution is -0.151. The lowest BCUT2D eigenvalue weighted by Gasteiger charge is -2.40. The molecule has 3 amide bonds. The summed E-state index contributed by atoms with van der Waals surface area (Å²) in [4.78, 5) is 46.1. The Morgan fingerprint density at radius 3 is 2.50 bits per heavy atom. The van der Waals surface area contributed by atoms with Crippen LogP contribution in [0.25, 0.3) is 0 Å². The van der Waals surface area contributed by atoms with Gasteiger partial charge in [0.15, 0.2) is 0 Å². The zero-order valence-corrected chi connectivity index (χ0v) is 19.5. The van der Waals surface area contributed by atoms with E-state index in [0.29, 0.717) is 32.5 Å². The summed E-state index contributed by atoms with van der Waals surface area (Å²) in [6.45, 7) is 7.36. The van der Waals surface area contributed by atoms with Gasteiger partial charge in [0.1, 0.15) is 11.6 Å². The summed E-state index contributed by atoms with van der Waals surface area (Å²) < 4.78 is 6.55. The Hall–Kier alpha value is -2.19. The molecule has 32 heavy (non-hydrogen) atoms. The van der Waals surface area contributed by atoms with Crippen LogP contribution in [-0.4, -0.2) is 94.1 Å². The molecule has 4 rings (SSSR count). The van der Waals surface area contributed by atoms with E-state index in [1.165, 1.54) is 0 Å². The highest BCUT2D eigenvalue weighted by Crippen LogP contribution is 2.53. The molecule has 0 aromatic heterocycles. The molecule has 2 saturated heterocycles. The molecule has 5 atom stereocenters. The van der Waals surface area contributed by atoms with Crippen LogP contribution in [-0.2, 0) is 19.1 Å². The summed E-state index contributed by atoms with van der Waals surface area (Å²) in [5.74, 6) is -1.81. The molecule has 4 aliphatic rings. The van der Waals surface area contributed by atoms with Crippen molar-refractivity contribution in [1.29, 1.82) is 0 Å². The van der Waals surface area contributed by atoms with Gasteiger partial charge < -0.3 is 24.5 Å². The molecule has 0 aromatic carbocycles. The van der Waals surface area contributed by atoms with Gasteiger partial charge in [-0.15, -0.1) is 0 Å². The third-order valence-electron chi connectivity index (χ3n) is 7.23. The van der Waals surface area contributed by atoms with Crippen LogP contribution in [0.5, 0.6) is 0 Å². The van der Waals surface area contributed by atoms with Crippen molar-refractivity contribution >= 4 is 17.7 Å². The van der Waals surface area contributed by atoms with Gasteiger partial charge in [-0.3, -0.25) is 14.4 Å². The van der Waals surface area contributed by atoms with Gasteiger partial charge >= 0.3 is 0 Å². The third-order valence-corrected chi connectivity index (χ3v) is 7.23. The van der Waals surface area contributed by atoms with E-state index in [1.807, 2.05) is 45.1 Å². The Bertz CT molecular complexity index is 847. The molecule has 176 valence electrons. The third kappa shape index (κ3) is 3.48. The van der Waals surface area contributed by atoms with Crippen molar-refractivity contribution in [3.05, 3.63) is 24.3 Å². The lowest BCUT2D eigenvalue weighted by atomic mass is 9.77. The fourth-order valence-electron chi connectivity index (χ4n) is 5.68. The Kier molecular flexibility index (Phi) is 5.96. The number of likely N-dealkylation sites (N-methyl/N-ethyl adjacent to an activating group) is 1. The zero-order chi connectivity index (χ0) is 23.3. The van der Waals surface area contributed by atoms with Gasteiger partial charge in [-0.05, 0) is 40.0 Å². The van der Waals surface area contributed by atoms with E-state index in [0.717, 1.165) is 6.42 Å². The number of aliphatic hydroxyl groups is 1. The number of fused-ring (bicyclic) bond motifs is 2. The van der Waals surface area contributed by atoms with Crippen molar-refractivity contribution in [3.63, 3.8) is 0 Å². The number of unbranched alkanes of at least 4 members (excludes halogenated alkanes) is 2. The van der Waals surface area contributed by atoms with E-state index in [1.54, 1.807) is 21.7 Å². The quantitative estimate of drug-likeness (QED) is 0.503. The molecule has 2 fully saturated rings. The summed E-state index contributed by atoms with van der Waals surface area (Å²) in [6.07, 6.45) is 9.14. The number of ether oxygens (including phenoxy) is 1. The van der Waals surface area contributed by atoms with Crippen LogP contribution in [0.4, 0.5) is 0 Å². The SMILES string of the molecule is CN1CC=C[C@H]2O[C@]34C=CCN(C(C)(C)C)C(=O)C3N(CCCCCO)C(=O)[C@@H]4[C@H]2C1=O. The fraction of sp³-hybridized carbons (Fsp3) is 0.708. The topological polar surface area (TPSA) is 90.4 Å². The minimum atomic E-state index is -1.15. The van der Waals surface area contributed by atoms with Gasteiger partial charge in [0.25, 0.3) is 0 Å². The largest absolute Gasteiger partial charge is 0.396 e. The first-order chi connectivity index (χ1) is 15.1. The molecule has 1 spiro atoms. The summed E-state index contributed by atoms with van der Waals surface area (Å²) >= 11 is 0. The number of aliphatic hydroxyl groups excluding tert-OH is 1. The van der Waals surface area contributed by atoms with Crippen LogP contribution in [0, 0.1) is 11.8 Å². The zero-order valence-electron chi connectivity index (χ0n) is 19.5. The van der Waals surface area contributed by atoms with Gasteiger partial charge in [-0.25, -0.2) is 0 Å². The second kappa shape index (κ2) is 8.30. The summed E-state index contributed by atoms with van der Waals surface area (Å²) in [6, 6.07) is -0.800. The second-order valence-corrected chi connectivity index (χ2v) is 10.3. The van der Waals surface area contributed by atoms with Gasteiger partial charge in [0, 0.05) is 38.8 Å². The Morgan fingerprint density at radius 2 is 1.81 bits per heavy atom. The highest BCUT2D eigenvalue weighted by atomic mass is 16.5. The molecule has 1 unspecified atom stereocenters. The van der Waals surface area contributed by atoms with E-state index in [4.69, 9.17) is 9.84 Å². The fourth-order valence-corrected chi connectivity index (χ4v) is 5.68. The first kappa shape index (κ1) is 23.0. The first-order valence-electron chi connectivity index (χ1n) is 11.6. The number of rotatable bonds is 5. The normalized spacial score (nSPS) is 34.5. The minimum absolute atomic E-state index is 0.101. The number of carbonyl (C=O) groups excluding carboxylic acids is 3. The van der Waals surface area contributed by atoms with Gasteiger partial charge in [-0.2, -0.15) is 0 Å². The molecule has 8 nitrogen and oxygen atoms in total. The molecular formula is C24H35N3O5. The molecule has 8 heteroatoms. The number of amides is 3. The number of hydrogen-bond acceptors (Lipinski definition) is 5. The Balaban J connectivity index is 1.77. The van der Waals surface area contributed by atoms with Crippen LogP contribution in [0.1, 0.15) is 40.0 Å². The van der Waals surface area contributed by atoms with Gasteiger partial charge in [0.05, 0.1) is 17.9 Å².